The lowest BCUT2D eigenvalue weighted by molar-refractivity contribution is -0.129. The van der Waals surface area contributed by atoms with Crippen LogP contribution in [-0.2, 0) is 4.79 Å². The average molecular weight is 600 g/mol. The van der Waals surface area contributed by atoms with Crippen molar-refractivity contribution in [3.8, 4) is 11.5 Å². The molecule has 0 saturated carbocycles. The van der Waals surface area contributed by atoms with Crippen molar-refractivity contribution in [3.05, 3.63) is 94.2 Å². The Morgan fingerprint density at radius 1 is 1.07 bits per heavy atom. The second kappa shape index (κ2) is 12.3. The van der Waals surface area contributed by atoms with Crippen LogP contribution >= 0.6 is 0 Å². The zero-order valence-corrected chi connectivity index (χ0v) is 25.2. The van der Waals surface area contributed by atoms with Crippen molar-refractivity contribution in [2.75, 3.05) is 18.1 Å². The standard InChI is InChI=1S/C34H35F2N5O3/c1-19-14-24-16-30(39-29(24)18-26(19)23-10-12-40(13-11-23)22(4)42)33(43)21(3)34(37)41(38-5)32-20(2)15-25(17-28(32)36)44-31-9-7-6-8-27(31)35/h6-9,14-18,23,37,39,43H,5,10-13H2,1-4H3. The summed E-state index contributed by atoms with van der Waals surface area (Å²) in [4.78, 5) is 16.9. The van der Waals surface area contributed by atoms with Crippen molar-refractivity contribution in [2.24, 2.45) is 5.10 Å². The molecule has 0 atom stereocenters. The highest BCUT2D eigenvalue weighted by atomic mass is 19.1. The van der Waals surface area contributed by atoms with Gasteiger partial charge in [-0.05, 0) is 92.6 Å². The average Bonchev–Trinajstić information content (AvgIpc) is 3.41. The van der Waals surface area contributed by atoms with Gasteiger partial charge in [0.1, 0.15) is 17.2 Å². The van der Waals surface area contributed by atoms with Gasteiger partial charge < -0.3 is 19.7 Å². The van der Waals surface area contributed by atoms with Gasteiger partial charge in [0, 0.05) is 49.3 Å². The molecule has 10 heteroatoms. The fourth-order valence-corrected chi connectivity index (χ4v) is 5.80. The first-order valence-corrected chi connectivity index (χ1v) is 14.4. The van der Waals surface area contributed by atoms with Crippen molar-refractivity contribution in [1.29, 1.82) is 5.41 Å². The van der Waals surface area contributed by atoms with Crippen LogP contribution in [0.2, 0.25) is 0 Å². The monoisotopic (exact) mass is 599 g/mol. The lowest BCUT2D eigenvalue weighted by Crippen LogP contribution is -2.36. The van der Waals surface area contributed by atoms with Crippen LogP contribution in [-0.4, -0.2) is 46.5 Å². The number of aryl methyl sites for hydroxylation is 2. The number of H-pyrrole nitrogens is 1. The molecule has 1 fully saturated rings. The number of fused-ring (bicyclic) bond motifs is 1. The van der Waals surface area contributed by atoms with Crippen LogP contribution in [0, 0.1) is 30.9 Å². The predicted molar refractivity (Wildman–Crippen MR) is 170 cm³/mol. The molecule has 2 heterocycles. The molecule has 1 aliphatic heterocycles. The summed E-state index contributed by atoms with van der Waals surface area (Å²) in [5.74, 6) is -1.36. The normalized spacial score (nSPS) is 14.4. The van der Waals surface area contributed by atoms with Crippen LogP contribution in [0.15, 0.2) is 65.3 Å². The zero-order valence-electron chi connectivity index (χ0n) is 25.2. The Kier molecular flexibility index (Phi) is 8.53. The van der Waals surface area contributed by atoms with Gasteiger partial charge >= 0.3 is 0 Å². The highest BCUT2D eigenvalue weighted by Crippen LogP contribution is 2.36. The van der Waals surface area contributed by atoms with Gasteiger partial charge in [-0.25, -0.2) is 13.8 Å². The maximum absolute atomic E-state index is 15.4. The second-order valence-electron chi connectivity index (χ2n) is 11.1. The minimum Gasteiger partial charge on any atom is -0.505 e. The third-order valence-corrected chi connectivity index (χ3v) is 8.21. The number of nitrogens with zero attached hydrogens (tertiary/aromatic N) is 3. The van der Waals surface area contributed by atoms with Gasteiger partial charge in [-0.2, -0.15) is 5.10 Å². The second-order valence-corrected chi connectivity index (χ2v) is 11.1. The Bertz CT molecular complexity index is 1780. The number of halogens is 2. The molecule has 8 nitrogen and oxygen atoms in total. The molecule has 0 spiro atoms. The molecule has 4 aromatic rings. The van der Waals surface area contributed by atoms with E-state index >= 15 is 4.39 Å². The number of piperidine rings is 1. The topological polar surface area (TPSA) is 105 Å². The van der Waals surface area contributed by atoms with Gasteiger partial charge in [-0.15, -0.1) is 0 Å². The number of aliphatic hydroxyl groups excluding tert-OH is 1. The van der Waals surface area contributed by atoms with Crippen molar-refractivity contribution < 1.29 is 23.4 Å². The lowest BCUT2D eigenvalue weighted by Gasteiger charge is -2.32. The number of benzene rings is 3. The van der Waals surface area contributed by atoms with E-state index in [1.165, 1.54) is 29.8 Å². The summed E-state index contributed by atoms with van der Waals surface area (Å²) in [5, 5.41) is 25.8. The Morgan fingerprint density at radius 3 is 2.41 bits per heavy atom. The number of amidine groups is 1. The number of aromatic nitrogens is 1. The van der Waals surface area contributed by atoms with Gasteiger partial charge in [0.2, 0.25) is 5.91 Å². The fourth-order valence-electron chi connectivity index (χ4n) is 5.80. The smallest absolute Gasteiger partial charge is 0.219 e. The van der Waals surface area contributed by atoms with Gasteiger partial charge in [-0.3, -0.25) is 10.2 Å². The molecule has 1 saturated heterocycles. The molecule has 5 rings (SSSR count). The number of anilines is 1. The fraction of sp³-hybridized carbons (Fsp3) is 0.265. The molecular formula is C34H35F2N5O3. The molecule has 228 valence electrons. The summed E-state index contributed by atoms with van der Waals surface area (Å²) in [7, 11) is 0. The Balaban J connectivity index is 1.40. The van der Waals surface area contributed by atoms with E-state index in [0.29, 0.717) is 17.2 Å². The van der Waals surface area contributed by atoms with Crippen molar-refractivity contribution in [3.63, 3.8) is 0 Å². The van der Waals surface area contributed by atoms with Gasteiger partial charge in [0.25, 0.3) is 0 Å². The molecule has 1 amide bonds. The molecule has 0 aliphatic carbocycles. The third-order valence-electron chi connectivity index (χ3n) is 8.21. The number of hydrazone groups is 1. The maximum Gasteiger partial charge on any atom is 0.219 e. The molecular weight excluding hydrogens is 564 g/mol. The summed E-state index contributed by atoms with van der Waals surface area (Å²) in [5.41, 5.74) is 4.04. The number of aliphatic hydroxyl groups is 1. The first-order valence-electron chi connectivity index (χ1n) is 14.4. The summed E-state index contributed by atoms with van der Waals surface area (Å²) in [6.45, 7) is 11.8. The van der Waals surface area contributed by atoms with E-state index in [0.717, 1.165) is 53.5 Å². The van der Waals surface area contributed by atoms with E-state index in [1.807, 2.05) is 11.0 Å². The summed E-state index contributed by atoms with van der Waals surface area (Å²) < 4.78 is 35.0. The van der Waals surface area contributed by atoms with E-state index in [1.54, 1.807) is 26.8 Å². The number of rotatable bonds is 7. The van der Waals surface area contributed by atoms with E-state index < -0.39 is 11.6 Å². The van der Waals surface area contributed by atoms with Crippen molar-refractivity contribution in [2.45, 2.75) is 46.5 Å². The van der Waals surface area contributed by atoms with Crippen LogP contribution in [0.3, 0.4) is 0 Å². The van der Waals surface area contributed by atoms with Crippen LogP contribution in [0.5, 0.6) is 11.5 Å². The zero-order chi connectivity index (χ0) is 31.7. The number of likely N-dealkylation sites (tertiary alicyclic amines) is 1. The van der Waals surface area contributed by atoms with Crippen LogP contribution in [0.4, 0.5) is 14.5 Å². The molecule has 1 aliphatic rings. The first-order chi connectivity index (χ1) is 21.0. The molecule has 3 aromatic carbocycles. The predicted octanol–water partition coefficient (Wildman–Crippen LogP) is 7.97. The number of ether oxygens (including phenoxy) is 1. The van der Waals surface area contributed by atoms with Crippen LogP contribution in [0.1, 0.15) is 55.0 Å². The quantitative estimate of drug-likeness (QED) is 0.0867. The van der Waals surface area contributed by atoms with Crippen molar-refractivity contribution in [1.82, 2.24) is 9.88 Å². The number of aromatic amines is 1. The van der Waals surface area contributed by atoms with Gasteiger partial charge in [-0.1, -0.05) is 12.1 Å². The minimum atomic E-state index is -0.761. The maximum atomic E-state index is 15.4. The first kappa shape index (κ1) is 30.5. The van der Waals surface area contributed by atoms with Crippen molar-refractivity contribution >= 4 is 40.8 Å². The Hall–Kier alpha value is -4.99. The Morgan fingerprint density at radius 2 is 1.77 bits per heavy atom. The molecule has 1 aromatic heterocycles. The largest absolute Gasteiger partial charge is 0.505 e. The van der Waals surface area contributed by atoms with E-state index in [9.17, 15) is 14.3 Å². The number of carbonyl (C=O) groups is 1. The lowest BCUT2D eigenvalue weighted by atomic mass is 9.86. The van der Waals surface area contributed by atoms with E-state index in [2.05, 4.69) is 35.9 Å². The Labute approximate surface area is 254 Å². The van der Waals surface area contributed by atoms with Crippen LogP contribution in [0.25, 0.3) is 16.7 Å². The number of amides is 1. The number of carbonyl (C=O) groups excluding carboxylic acids is 1. The summed E-state index contributed by atoms with van der Waals surface area (Å²) in [6.07, 6.45) is 1.77. The number of nitrogens with one attached hydrogen (secondary N) is 2. The van der Waals surface area contributed by atoms with Gasteiger partial charge in [0.15, 0.2) is 23.2 Å². The number of para-hydroxylation sites is 1. The molecule has 0 unspecified atom stereocenters. The highest BCUT2D eigenvalue weighted by molar-refractivity contribution is 6.11. The molecule has 0 radical (unpaired) electrons. The minimum absolute atomic E-state index is 0.0480. The molecule has 44 heavy (non-hydrogen) atoms. The van der Waals surface area contributed by atoms with E-state index in [-0.39, 0.29) is 40.3 Å². The number of hydrogen-bond donors (Lipinski definition) is 3. The van der Waals surface area contributed by atoms with Crippen LogP contribution < -0.4 is 9.75 Å². The third kappa shape index (κ3) is 5.92. The van der Waals surface area contributed by atoms with Gasteiger partial charge in [0.05, 0.1) is 5.69 Å². The summed E-state index contributed by atoms with van der Waals surface area (Å²) >= 11 is 0. The SMILES string of the molecule is C=NN(C(=N)C(C)=C(O)c1cc2cc(C)c(C3CCN(C(C)=O)CC3)cc2[nH]1)c1c(C)cc(Oc2ccccc2F)cc1F. The highest BCUT2D eigenvalue weighted by Gasteiger charge is 2.25. The summed E-state index contributed by atoms with van der Waals surface area (Å²) in [6, 6.07) is 14.4. The number of hydrogen-bond acceptors (Lipinski definition) is 5. The van der Waals surface area contributed by atoms with E-state index in [4.69, 9.17) is 10.1 Å². The molecule has 3 N–H and O–H groups in total. The molecule has 0 bridgehead atoms.